The highest BCUT2D eigenvalue weighted by Crippen LogP contribution is 2.37. The maximum Gasteiger partial charge on any atom is 0.224 e. The third kappa shape index (κ3) is 2.43. The Balaban J connectivity index is 1.78. The Morgan fingerprint density at radius 3 is 2.78 bits per heavy atom. The summed E-state index contributed by atoms with van der Waals surface area (Å²) in [6.07, 6.45) is 9.17. The number of aromatic nitrogens is 6. The van der Waals surface area contributed by atoms with Crippen LogP contribution >= 0.6 is 0 Å². The molecule has 0 aliphatic carbocycles. The normalized spacial score (nSPS) is 11.3. The van der Waals surface area contributed by atoms with E-state index in [9.17, 15) is 0 Å². The Bertz CT molecular complexity index is 1290. The number of nitrogens with one attached hydrogen (secondary N) is 1. The fourth-order valence-corrected chi connectivity index (χ4v) is 3.45. The molecule has 1 N–H and O–H groups in total. The maximum absolute atomic E-state index is 5.40. The van der Waals surface area contributed by atoms with Gasteiger partial charge in [0.15, 0.2) is 0 Å². The number of aryl methyl sites for hydroxylation is 1. The molecule has 0 radical (unpaired) electrons. The van der Waals surface area contributed by atoms with Crippen LogP contribution in [-0.2, 0) is 7.05 Å². The van der Waals surface area contributed by atoms with Crippen molar-refractivity contribution in [2.45, 2.75) is 0 Å². The summed E-state index contributed by atoms with van der Waals surface area (Å²) in [5.41, 5.74) is 5.91. The first-order chi connectivity index (χ1) is 13.2. The van der Waals surface area contributed by atoms with Crippen LogP contribution in [0.4, 0.5) is 0 Å². The van der Waals surface area contributed by atoms with Gasteiger partial charge in [-0.1, -0.05) is 6.07 Å². The van der Waals surface area contributed by atoms with E-state index in [1.165, 1.54) is 6.33 Å². The minimum atomic E-state index is 0.562. The molecule has 0 unspecified atom stereocenters. The quantitative estimate of drug-likeness (QED) is 0.534. The first-order valence-corrected chi connectivity index (χ1v) is 8.49. The molecule has 0 saturated carbocycles. The van der Waals surface area contributed by atoms with Gasteiger partial charge < -0.3 is 9.72 Å². The molecule has 5 aromatic rings. The van der Waals surface area contributed by atoms with Crippen molar-refractivity contribution in [1.82, 2.24) is 29.7 Å². The van der Waals surface area contributed by atoms with Crippen molar-refractivity contribution in [3.63, 3.8) is 0 Å². The van der Waals surface area contributed by atoms with Crippen LogP contribution in [0.2, 0.25) is 0 Å². The van der Waals surface area contributed by atoms with Crippen LogP contribution in [0.1, 0.15) is 0 Å². The molecule has 132 valence electrons. The standard InChI is InChI=1S/C20H16N6O/c1-26-10-13(8-25-26)14-5-6-21-19-18(14)16(9-22-19)12-3-4-17-15(7-12)20(27-2)24-11-23-17/h3-11H,1-2H3,(H,21,22). The van der Waals surface area contributed by atoms with Crippen molar-refractivity contribution in [3.05, 3.63) is 55.4 Å². The predicted molar refractivity (Wildman–Crippen MR) is 103 cm³/mol. The number of hydrogen-bond donors (Lipinski definition) is 1. The molecule has 1 aromatic carbocycles. The highest BCUT2D eigenvalue weighted by molar-refractivity contribution is 6.05. The lowest BCUT2D eigenvalue weighted by atomic mass is 9.99. The van der Waals surface area contributed by atoms with E-state index >= 15 is 0 Å². The van der Waals surface area contributed by atoms with Gasteiger partial charge in [-0.25, -0.2) is 15.0 Å². The second kappa shape index (κ2) is 5.91. The number of rotatable bonds is 3. The monoisotopic (exact) mass is 356 g/mol. The van der Waals surface area contributed by atoms with Crippen molar-refractivity contribution >= 4 is 21.9 Å². The number of nitrogens with zero attached hydrogens (tertiary/aromatic N) is 5. The van der Waals surface area contributed by atoms with E-state index in [2.05, 4.69) is 37.2 Å². The van der Waals surface area contributed by atoms with Crippen LogP contribution < -0.4 is 4.74 Å². The molecule has 7 nitrogen and oxygen atoms in total. The minimum absolute atomic E-state index is 0.562. The van der Waals surface area contributed by atoms with Gasteiger partial charge in [-0.05, 0) is 29.3 Å². The van der Waals surface area contributed by atoms with Gasteiger partial charge in [-0.2, -0.15) is 5.10 Å². The minimum Gasteiger partial charge on any atom is -0.480 e. The van der Waals surface area contributed by atoms with Crippen LogP contribution in [0.5, 0.6) is 5.88 Å². The molecule has 0 atom stereocenters. The summed E-state index contributed by atoms with van der Waals surface area (Å²) in [7, 11) is 3.53. The zero-order valence-corrected chi connectivity index (χ0v) is 14.8. The molecule has 0 bridgehead atoms. The Kier molecular flexibility index (Phi) is 3.39. The summed E-state index contributed by atoms with van der Waals surface area (Å²) < 4.78 is 7.20. The van der Waals surface area contributed by atoms with Crippen LogP contribution in [0.25, 0.3) is 44.2 Å². The lowest BCUT2D eigenvalue weighted by Crippen LogP contribution is -1.91. The number of pyridine rings is 1. The summed E-state index contributed by atoms with van der Waals surface area (Å²) in [5.74, 6) is 0.562. The maximum atomic E-state index is 5.40. The Labute approximate surface area is 154 Å². The number of methoxy groups -OCH3 is 1. The summed E-state index contributed by atoms with van der Waals surface area (Å²) in [5, 5.41) is 6.23. The van der Waals surface area contributed by atoms with E-state index in [1.807, 2.05) is 44.0 Å². The summed E-state index contributed by atoms with van der Waals surface area (Å²) in [4.78, 5) is 16.3. The van der Waals surface area contributed by atoms with Crippen molar-refractivity contribution in [1.29, 1.82) is 0 Å². The molecule has 7 heteroatoms. The average Bonchev–Trinajstić information content (AvgIpc) is 3.33. The number of benzene rings is 1. The van der Waals surface area contributed by atoms with Crippen LogP contribution in [0, 0.1) is 0 Å². The SMILES string of the molecule is COc1ncnc2ccc(-c3c[nH]c4nccc(-c5cnn(C)c5)c34)cc12. The molecule has 0 spiro atoms. The van der Waals surface area contributed by atoms with Crippen molar-refractivity contribution < 1.29 is 4.74 Å². The molecule has 0 aliphatic rings. The van der Waals surface area contributed by atoms with Gasteiger partial charge in [0.25, 0.3) is 0 Å². The Morgan fingerprint density at radius 1 is 1.04 bits per heavy atom. The third-order valence-electron chi connectivity index (χ3n) is 4.69. The van der Waals surface area contributed by atoms with Crippen LogP contribution in [-0.4, -0.2) is 36.8 Å². The molecular weight excluding hydrogens is 340 g/mol. The second-order valence-electron chi connectivity index (χ2n) is 6.30. The number of ether oxygens (including phenoxy) is 1. The van der Waals surface area contributed by atoms with Gasteiger partial charge in [0, 0.05) is 42.2 Å². The Morgan fingerprint density at radius 2 is 1.96 bits per heavy atom. The van der Waals surface area contributed by atoms with E-state index in [0.29, 0.717) is 5.88 Å². The molecule has 0 fully saturated rings. The highest BCUT2D eigenvalue weighted by Gasteiger charge is 2.15. The molecule has 27 heavy (non-hydrogen) atoms. The predicted octanol–water partition coefficient (Wildman–Crippen LogP) is 3.58. The number of hydrogen-bond acceptors (Lipinski definition) is 5. The van der Waals surface area contributed by atoms with Crippen LogP contribution in [0.15, 0.2) is 55.4 Å². The fourth-order valence-electron chi connectivity index (χ4n) is 3.45. The summed E-state index contributed by atoms with van der Waals surface area (Å²) in [6.45, 7) is 0. The second-order valence-corrected chi connectivity index (χ2v) is 6.30. The molecular formula is C20H16N6O. The van der Waals surface area contributed by atoms with E-state index in [-0.39, 0.29) is 0 Å². The summed E-state index contributed by atoms with van der Waals surface area (Å²) >= 11 is 0. The van der Waals surface area contributed by atoms with Gasteiger partial charge in [0.2, 0.25) is 5.88 Å². The topological polar surface area (TPSA) is 81.5 Å². The first-order valence-electron chi connectivity index (χ1n) is 8.49. The first kappa shape index (κ1) is 15.5. The molecule has 4 heterocycles. The van der Waals surface area contributed by atoms with E-state index in [0.717, 1.165) is 44.2 Å². The van der Waals surface area contributed by atoms with Crippen molar-refractivity contribution in [3.8, 4) is 28.1 Å². The molecule has 0 aliphatic heterocycles. The van der Waals surface area contributed by atoms with Gasteiger partial charge in [-0.15, -0.1) is 0 Å². The van der Waals surface area contributed by atoms with Crippen molar-refractivity contribution in [2.75, 3.05) is 7.11 Å². The molecule has 0 amide bonds. The van der Waals surface area contributed by atoms with Gasteiger partial charge in [0.05, 0.1) is 24.2 Å². The third-order valence-corrected chi connectivity index (χ3v) is 4.69. The van der Waals surface area contributed by atoms with E-state index in [4.69, 9.17) is 4.74 Å². The van der Waals surface area contributed by atoms with E-state index < -0.39 is 0 Å². The van der Waals surface area contributed by atoms with Gasteiger partial charge in [0.1, 0.15) is 12.0 Å². The van der Waals surface area contributed by atoms with Gasteiger partial charge in [-0.3, -0.25) is 4.68 Å². The fraction of sp³-hybridized carbons (Fsp3) is 0.100. The summed E-state index contributed by atoms with van der Waals surface area (Å²) in [6, 6.07) is 8.10. The zero-order valence-electron chi connectivity index (χ0n) is 14.8. The lowest BCUT2D eigenvalue weighted by molar-refractivity contribution is 0.402. The smallest absolute Gasteiger partial charge is 0.224 e. The lowest BCUT2D eigenvalue weighted by Gasteiger charge is -2.07. The Hall–Kier alpha value is -3.74. The van der Waals surface area contributed by atoms with Crippen LogP contribution in [0.3, 0.4) is 0 Å². The largest absolute Gasteiger partial charge is 0.480 e. The van der Waals surface area contributed by atoms with E-state index in [1.54, 1.807) is 11.8 Å². The number of H-pyrrole nitrogens is 1. The average molecular weight is 356 g/mol. The highest BCUT2D eigenvalue weighted by atomic mass is 16.5. The van der Waals surface area contributed by atoms with Gasteiger partial charge >= 0.3 is 0 Å². The molecule has 0 saturated heterocycles. The molecule has 4 aromatic heterocycles. The number of fused-ring (bicyclic) bond motifs is 2. The zero-order chi connectivity index (χ0) is 18.4. The molecule has 5 rings (SSSR count). The number of aromatic amines is 1. The van der Waals surface area contributed by atoms with Crippen molar-refractivity contribution in [2.24, 2.45) is 7.05 Å².